The van der Waals surface area contributed by atoms with Gasteiger partial charge in [-0.2, -0.15) is 0 Å². The van der Waals surface area contributed by atoms with E-state index in [1.54, 1.807) is 18.2 Å². The second kappa shape index (κ2) is 8.52. The Morgan fingerprint density at radius 3 is 2.75 bits per heavy atom. The van der Waals surface area contributed by atoms with E-state index in [0.29, 0.717) is 20.9 Å². The summed E-state index contributed by atoms with van der Waals surface area (Å²) in [6.45, 7) is -0.158. The van der Waals surface area contributed by atoms with Gasteiger partial charge in [-0.25, -0.2) is 4.98 Å². The number of hydrogen-bond acceptors (Lipinski definition) is 4. The number of nitrogens with one attached hydrogen (secondary N) is 1. The van der Waals surface area contributed by atoms with Crippen LogP contribution < -0.4 is 10.1 Å². The summed E-state index contributed by atoms with van der Waals surface area (Å²) in [6.07, 6.45) is 4.79. The summed E-state index contributed by atoms with van der Waals surface area (Å²) in [5.74, 6) is 0.118. The molecule has 1 N–H and O–H groups in total. The maximum absolute atomic E-state index is 12.2. The zero-order valence-corrected chi connectivity index (χ0v) is 17.3. The summed E-state index contributed by atoms with van der Waals surface area (Å²) in [5.41, 5.74) is 4.81. The number of halogens is 2. The minimum Gasteiger partial charge on any atom is -0.482 e. The number of amides is 1. The maximum atomic E-state index is 12.2. The Bertz CT molecular complexity index is 1020. The fraction of sp³-hybridized carbons (Fsp3) is 0.238. The van der Waals surface area contributed by atoms with E-state index < -0.39 is 0 Å². The molecule has 28 heavy (non-hydrogen) atoms. The van der Waals surface area contributed by atoms with Crippen LogP contribution in [-0.2, 0) is 17.6 Å². The van der Waals surface area contributed by atoms with E-state index in [2.05, 4.69) is 28.5 Å². The molecule has 1 aliphatic carbocycles. The standard InChI is InChI=1S/C21H18Cl2N2O2S/c22-16-7-8-19(17(23)10-16)27-11-20(26)25-21-24-18(12-28-21)15-6-5-13-3-1-2-4-14(13)9-15/h5-10,12H,1-4,11H2,(H,24,25,26). The molecule has 0 atom stereocenters. The number of anilines is 1. The first-order valence-corrected chi connectivity index (χ1v) is 10.7. The Morgan fingerprint density at radius 1 is 1.11 bits per heavy atom. The number of nitrogens with zero attached hydrogens (tertiary/aromatic N) is 1. The third-order valence-corrected chi connectivity index (χ3v) is 5.94. The first-order chi connectivity index (χ1) is 13.6. The van der Waals surface area contributed by atoms with Gasteiger partial charge in [0, 0.05) is 16.0 Å². The molecule has 3 aromatic rings. The van der Waals surface area contributed by atoms with Crippen molar-refractivity contribution in [1.29, 1.82) is 0 Å². The second-order valence-electron chi connectivity index (χ2n) is 6.64. The summed E-state index contributed by atoms with van der Waals surface area (Å²) >= 11 is 13.3. The van der Waals surface area contributed by atoms with E-state index in [0.717, 1.165) is 24.1 Å². The van der Waals surface area contributed by atoms with Gasteiger partial charge in [0.05, 0.1) is 10.7 Å². The van der Waals surface area contributed by atoms with Crippen molar-refractivity contribution in [3.63, 3.8) is 0 Å². The van der Waals surface area contributed by atoms with Crippen LogP contribution in [-0.4, -0.2) is 17.5 Å². The van der Waals surface area contributed by atoms with Crippen molar-refractivity contribution in [2.75, 3.05) is 11.9 Å². The van der Waals surface area contributed by atoms with Gasteiger partial charge < -0.3 is 4.74 Å². The summed E-state index contributed by atoms with van der Waals surface area (Å²) in [7, 11) is 0. The molecule has 144 valence electrons. The third kappa shape index (κ3) is 4.49. The van der Waals surface area contributed by atoms with Crippen LogP contribution in [0.1, 0.15) is 24.0 Å². The Kier molecular flexibility index (Phi) is 5.85. The molecule has 0 saturated heterocycles. The van der Waals surface area contributed by atoms with Gasteiger partial charge in [-0.05, 0) is 61.1 Å². The van der Waals surface area contributed by atoms with Gasteiger partial charge in [0.25, 0.3) is 5.91 Å². The van der Waals surface area contributed by atoms with Crippen LogP contribution in [0.4, 0.5) is 5.13 Å². The first-order valence-electron chi connectivity index (χ1n) is 9.04. The van der Waals surface area contributed by atoms with E-state index >= 15 is 0 Å². The van der Waals surface area contributed by atoms with E-state index in [1.807, 2.05) is 5.38 Å². The fourth-order valence-corrected chi connectivity index (χ4v) is 4.45. The Hall–Kier alpha value is -2.08. The van der Waals surface area contributed by atoms with Crippen molar-refractivity contribution < 1.29 is 9.53 Å². The van der Waals surface area contributed by atoms with Crippen LogP contribution in [0.25, 0.3) is 11.3 Å². The lowest BCUT2D eigenvalue weighted by Gasteiger charge is -2.16. The molecule has 1 aliphatic rings. The smallest absolute Gasteiger partial charge is 0.264 e. The number of benzene rings is 2. The number of ether oxygens (including phenoxy) is 1. The summed E-state index contributed by atoms with van der Waals surface area (Å²) in [5, 5.41) is 6.15. The van der Waals surface area contributed by atoms with E-state index in [4.69, 9.17) is 27.9 Å². The topological polar surface area (TPSA) is 51.2 Å². The zero-order chi connectivity index (χ0) is 19.5. The van der Waals surface area contributed by atoms with Crippen LogP contribution in [0.5, 0.6) is 5.75 Å². The van der Waals surface area contributed by atoms with Crippen molar-refractivity contribution in [3.8, 4) is 17.0 Å². The molecule has 7 heteroatoms. The fourth-order valence-electron chi connectivity index (χ4n) is 3.25. The Labute approximate surface area is 177 Å². The monoisotopic (exact) mass is 432 g/mol. The van der Waals surface area contributed by atoms with Gasteiger partial charge in [0.1, 0.15) is 5.75 Å². The lowest BCUT2D eigenvalue weighted by molar-refractivity contribution is -0.118. The zero-order valence-electron chi connectivity index (χ0n) is 15.0. The molecule has 1 heterocycles. The van der Waals surface area contributed by atoms with E-state index in [9.17, 15) is 4.79 Å². The largest absolute Gasteiger partial charge is 0.482 e. The van der Waals surface area contributed by atoms with Gasteiger partial charge >= 0.3 is 0 Å². The summed E-state index contributed by atoms with van der Waals surface area (Å²) in [4.78, 5) is 16.7. The highest BCUT2D eigenvalue weighted by Gasteiger charge is 2.13. The van der Waals surface area contributed by atoms with E-state index in [1.165, 1.54) is 35.3 Å². The molecule has 0 saturated carbocycles. The van der Waals surface area contributed by atoms with Crippen LogP contribution in [0.2, 0.25) is 10.0 Å². The van der Waals surface area contributed by atoms with Crippen LogP contribution in [0, 0.1) is 0 Å². The van der Waals surface area contributed by atoms with Crippen molar-refractivity contribution in [1.82, 2.24) is 4.98 Å². The highest BCUT2D eigenvalue weighted by Crippen LogP contribution is 2.30. The number of hydrogen-bond donors (Lipinski definition) is 1. The Balaban J connectivity index is 1.38. The van der Waals surface area contributed by atoms with Crippen molar-refractivity contribution in [2.24, 2.45) is 0 Å². The number of fused-ring (bicyclic) bond motifs is 1. The molecule has 4 nitrogen and oxygen atoms in total. The minimum atomic E-state index is -0.294. The van der Waals surface area contributed by atoms with Crippen LogP contribution in [0.15, 0.2) is 41.8 Å². The molecule has 1 aromatic heterocycles. The molecule has 0 bridgehead atoms. The molecule has 0 unspecified atom stereocenters. The van der Waals surface area contributed by atoms with Gasteiger partial charge in [-0.1, -0.05) is 35.3 Å². The van der Waals surface area contributed by atoms with Crippen LogP contribution in [0.3, 0.4) is 0 Å². The number of thiazole rings is 1. The molecule has 4 rings (SSSR count). The Morgan fingerprint density at radius 2 is 1.93 bits per heavy atom. The van der Waals surface area contributed by atoms with Gasteiger partial charge in [0.15, 0.2) is 11.7 Å². The number of carbonyl (C=O) groups excluding carboxylic acids is 1. The molecule has 0 spiro atoms. The maximum Gasteiger partial charge on any atom is 0.264 e. The molecule has 1 amide bonds. The highest BCUT2D eigenvalue weighted by molar-refractivity contribution is 7.14. The normalized spacial score (nSPS) is 13.1. The average molecular weight is 433 g/mol. The van der Waals surface area contributed by atoms with Crippen molar-refractivity contribution in [3.05, 3.63) is 63.0 Å². The van der Waals surface area contributed by atoms with E-state index in [-0.39, 0.29) is 12.5 Å². The predicted octanol–water partition coefficient (Wildman–Crippen LogP) is 6.01. The number of carbonyl (C=O) groups is 1. The highest BCUT2D eigenvalue weighted by atomic mass is 35.5. The van der Waals surface area contributed by atoms with Crippen LogP contribution >= 0.6 is 34.5 Å². The molecule has 2 aromatic carbocycles. The third-order valence-electron chi connectivity index (χ3n) is 4.65. The minimum absolute atomic E-state index is 0.158. The average Bonchev–Trinajstić information content (AvgIpc) is 3.15. The molecular formula is C21H18Cl2N2O2S. The quantitative estimate of drug-likeness (QED) is 0.536. The van der Waals surface area contributed by atoms with Crippen molar-refractivity contribution in [2.45, 2.75) is 25.7 Å². The van der Waals surface area contributed by atoms with Gasteiger partial charge in [-0.15, -0.1) is 11.3 Å². The number of aryl methyl sites for hydroxylation is 2. The number of aromatic nitrogens is 1. The SMILES string of the molecule is O=C(COc1ccc(Cl)cc1Cl)Nc1nc(-c2ccc3c(c2)CCCC3)cs1. The number of rotatable bonds is 5. The lowest BCUT2D eigenvalue weighted by Crippen LogP contribution is -2.20. The molecule has 0 aliphatic heterocycles. The molecule has 0 fully saturated rings. The van der Waals surface area contributed by atoms with Gasteiger partial charge in [-0.3, -0.25) is 10.1 Å². The first kappa shape index (κ1) is 19.2. The summed E-state index contributed by atoms with van der Waals surface area (Å²) in [6, 6.07) is 11.4. The van der Waals surface area contributed by atoms with Gasteiger partial charge in [0.2, 0.25) is 0 Å². The van der Waals surface area contributed by atoms with Crippen molar-refractivity contribution >= 4 is 45.6 Å². The second-order valence-corrected chi connectivity index (χ2v) is 8.34. The predicted molar refractivity (Wildman–Crippen MR) is 115 cm³/mol. The summed E-state index contributed by atoms with van der Waals surface area (Å²) < 4.78 is 5.45. The molecular weight excluding hydrogens is 415 g/mol. The molecule has 0 radical (unpaired) electrons. The lowest BCUT2D eigenvalue weighted by atomic mass is 9.90.